The van der Waals surface area contributed by atoms with Gasteiger partial charge in [-0.1, -0.05) is 0 Å². The van der Waals surface area contributed by atoms with E-state index in [0.717, 1.165) is 6.92 Å². The van der Waals surface area contributed by atoms with E-state index in [4.69, 9.17) is 14.3 Å². The number of hydrogen-bond acceptors (Lipinski definition) is 2. The van der Waals surface area contributed by atoms with Crippen molar-refractivity contribution in [3.8, 4) is 0 Å². The van der Waals surface area contributed by atoms with Crippen LogP contribution < -0.4 is 0 Å². The van der Waals surface area contributed by atoms with Gasteiger partial charge in [0.25, 0.3) is 0 Å². The minimum absolute atomic E-state index is 0.0497. The minimum atomic E-state index is -2.17. The zero-order chi connectivity index (χ0) is 8.20. The summed E-state index contributed by atoms with van der Waals surface area (Å²) in [6, 6.07) is 0. The van der Waals surface area contributed by atoms with Gasteiger partial charge in [0.05, 0.1) is 9.35 Å². The van der Waals surface area contributed by atoms with Crippen molar-refractivity contribution in [3.05, 3.63) is 0 Å². The van der Waals surface area contributed by atoms with Crippen molar-refractivity contribution in [1.29, 1.82) is 0 Å². The third-order valence-electron chi connectivity index (χ3n) is 0.395. The Morgan fingerprint density at radius 2 is 2.62 bits per heavy atom. The van der Waals surface area contributed by atoms with E-state index in [9.17, 15) is 4.79 Å². The Morgan fingerprint density at radius 3 is 3.00 bits per heavy atom. The second kappa shape index (κ2) is 5.06. The molecule has 0 atom stereocenters. The number of ketones is 1. The van der Waals surface area contributed by atoms with E-state index in [0.29, 0.717) is 0 Å². The number of carbonyl (C=O) groups is 1. The largest absolute Gasteiger partial charge is 0.372 e. The van der Waals surface area contributed by atoms with E-state index in [2.05, 4.69) is 4.74 Å². The highest BCUT2D eigenvalue weighted by molar-refractivity contribution is 6.17. The van der Waals surface area contributed by atoms with Gasteiger partial charge in [-0.2, -0.15) is 0 Å². The van der Waals surface area contributed by atoms with Crippen molar-refractivity contribution in [2.75, 3.05) is 19.0 Å². The summed E-state index contributed by atoms with van der Waals surface area (Å²) < 4.78 is 18.3. The monoisotopic (exact) mass is 138 g/mol. The van der Waals surface area contributed by atoms with Crippen LogP contribution in [0.25, 0.3) is 0 Å². The van der Waals surface area contributed by atoms with Crippen molar-refractivity contribution in [1.82, 2.24) is 0 Å². The zero-order valence-electron chi connectivity index (χ0n) is 6.61. The van der Waals surface area contributed by atoms with Gasteiger partial charge in [-0.05, 0) is 6.92 Å². The van der Waals surface area contributed by atoms with Gasteiger partial charge in [-0.15, -0.1) is 11.6 Å². The number of Topliss-reactive ketones (excluding diaryl/α,β-unsaturated/α-hetero) is 1. The lowest BCUT2D eigenvalue weighted by Gasteiger charge is -1.94. The summed E-state index contributed by atoms with van der Waals surface area (Å²) in [5.74, 6) is -0.454. The lowest BCUT2D eigenvalue weighted by Crippen LogP contribution is -2.05. The van der Waals surface area contributed by atoms with Crippen LogP contribution in [0.15, 0.2) is 0 Å². The number of halogens is 1. The minimum Gasteiger partial charge on any atom is -0.372 e. The van der Waals surface area contributed by atoms with E-state index < -0.39 is 12.3 Å². The molecule has 0 aromatic rings. The summed E-state index contributed by atoms with van der Waals surface area (Å²) in [4.78, 5) is 10.4. The second-order valence-electron chi connectivity index (χ2n) is 1.20. The maximum absolute atomic E-state index is 10.4. The molecule has 0 fully saturated rings. The van der Waals surface area contributed by atoms with Crippen molar-refractivity contribution in [2.45, 2.75) is 6.92 Å². The van der Waals surface area contributed by atoms with E-state index in [1.54, 1.807) is 0 Å². The maximum atomic E-state index is 10.4. The van der Waals surface area contributed by atoms with Crippen LogP contribution >= 0.6 is 11.6 Å². The number of carbonyl (C=O) groups excluding carboxylic acids is 1. The number of ether oxygens (including phenoxy) is 1. The second-order valence-corrected chi connectivity index (χ2v) is 1.57. The summed E-state index contributed by atoms with van der Waals surface area (Å²) in [5.41, 5.74) is 0. The molecule has 0 rings (SSSR count). The Balaban J connectivity index is 3.75. The van der Waals surface area contributed by atoms with Crippen molar-refractivity contribution in [3.63, 3.8) is 0 Å². The molecule has 8 heavy (non-hydrogen) atoms. The van der Waals surface area contributed by atoms with Gasteiger partial charge in [-0.25, -0.2) is 0 Å². The van der Waals surface area contributed by atoms with Crippen LogP contribution in [-0.4, -0.2) is 24.8 Å². The number of rotatable bonds is 4. The highest BCUT2D eigenvalue weighted by Gasteiger charge is 1.89. The van der Waals surface area contributed by atoms with Crippen molar-refractivity contribution in [2.24, 2.45) is 0 Å². The lowest BCUT2D eigenvalue weighted by molar-refractivity contribution is -0.121. The average molecular weight is 139 g/mol. The molecule has 0 aliphatic rings. The summed E-state index contributed by atoms with van der Waals surface area (Å²) in [6.07, 6.45) is 0. The van der Waals surface area contributed by atoms with E-state index >= 15 is 0 Å². The smallest absolute Gasteiger partial charge is 0.155 e. The topological polar surface area (TPSA) is 26.3 Å². The van der Waals surface area contributed by atoms with Crippen LogP contribution in [0.1, 0.15) is 9.67 Å². The molecule has 0 radical (unpaired) electrons. The van der Waals surface area contributed by atoms with Crippen LogP contribution in [0.3, 0.4) is 0 Å². The fourth-order valence-corrected chi connectivity index (χ4v) is 0.268. The quantitative estimate of drug-likeness (QED) is 0.538. The molecule has 0 aromatic heterocycles. The first kappa shape index (κ1) is 4.77. The third-order valence-corrected chi connectivity index (χ3v) is 0.549. The fraction of sp³-hybridized carbons (Fsp3) is 0.800. The van der Waals surface area contributed by atoms with E-state index in [-0.39, 0.29) is 12.5 Å². The molecule has 0 spiro atoms. The Bertz CT molecular complexity index is 127. The van der Waals surface area contributed by atoms with Gasteiger partial charge in [0, 0.05) is 5.88 Å². The SMILES string of the molecule is [2H]C([2H])(OCCCl)C(C)=O. The molecule has 48 valence electrons. The Kier molecular flexibility index (Phi) is 3.02. The predicted molar refractivity (Wildman–Crippen MR) is 32.2 cm³/mol. The highest BCUT2D eigenvalue weighted by atomic mass is 35.5. The van der Waals surface area contributed by atoms with Gasteiger partial charge in [0.1, 0.15) is 6.56 Å². The average Bonchev–Trinajstić information content (AvgIpc) is 1.84. The summed E-state index contributed by atoms with van der Waals surface area (Å²) in [5, 5.41) is 0. The van der Waals surface area contributed by atoms with Crippen molar-refractivity contribution >= 4 is 17.4 Å². The zero-order valence-corrected chi connectivity index (χ0v) is 5.36. The third kappa shape index (κ3) is 5.92. The Labute approximate surface area is 56.6 Å². The Hall–Kier alpha value is -0.0800. The Morgan fingerprint density at radius 1 is 2.00 bits per heavy atom. The van der Waals surface area contributed by atoms with E-state index in [1.807, 2.05) is 0 Å². The number of alkyl halides is 1. The first-order valence-electron chi connectivity index (χ1n) is 3.21. The summed E-state index contributed by atoms with van der Waals surface area (Å²) in [7, 11) is 0. The van der Waals surface area contributed by atoms with Crippen LogP contribution in [0.4, 0.5) is 0 Å². The van der Waals surface area contributed by atoms with Gasteiger partial charge >= 0.3 is 0 Å². The molecule has 0 aliphatic heterocycles. The molecular formula is C5H9ClO2. The molecule has 0 aromatic carbocycles. The normalized spacial score (nSPS) is 14.8. The lowest BCUT2D eigenvalue weighted by atomic mass is 10.5. The molecule has 0 heterocycles. The first-order chi connectivity index (χ1) is 4.50. The van der Waals surface area contributed by atoms with Crippen LogP contribution in [-0.2, 0) is 9.53 Å². The molecule has 0 N–H and O–H groups in total. The first-order valence-corrected chi connectivity index (χ1v) is 2.75. The van der Waals surface area contributed by atoms with E-state index in [1.165, 1.54) is 0 Å². The maximum Gasteiger partial charge on any atom is 0.155 e. The molecule has 0 saturated carbocycles. The highest BCUT2D eigenvalue weighted by Crippen LogP contribution is 1.78. The number of hydrogen-bond donors (Lipinski definition) is 0. The van der Waals surface area contributed by atoms with Gasteiger partial charge in [-0.3, -0.25) is 4.79 Å². The summed E-state index contributed by atoms with van der Waals surface area (Å²) >= 11 is 5.21. The standard InChI is InChI=1S/C5H9ClO2/c1-5(7)4-8-3-2-6/h2-4H2,1H3/i4D2. The summed E-state index contributed by atoms with van der Waals surface area (Å²) in [6.45, 7) is -0.989. The van der Waals surface area contributed by atoms with Crippen LogP contribution in [0, 0.1) is 0 Å². The molecule has 2 nitrogen and oxygen atoms in total. The van der Waals surface area contributed by atoms with Gasteiger partial charge < -0.3 is 4.74 Å². The fourth-order valence-electron chi connectivity index (χ4n) is 0.191. The van der Waals surface area contributed by atoms with Gasteiger partial charge in [0.2, 0.25) is 0 Å². The molecule has 0 saturated heterocycles. The molecular weight excluding hydrogens is 128 g/mol. The molecule has 0 amide bonds. The molecule has 3 heteroatoms. The molecule has 0 aliphatic carbocycles. The van der Waals surface area contributed by atoms with Crippen LogP contribution in [0.5, 0.6) is 0 Å². The van der Waals surface area contributed by atoms with Gasteiger partial charge in [0.15, 0.2) is 5.78 Å². The van der Waals surface area contributed by atoms with Crippen LogP contribution in [0.2, 0.25) is 0 Å². The predicted octanol–water partition coefficient (Wildman–Crippen LogP) is 0.831. The molecule has 0 unspecified atom stereocenters. The molecule has 0 bridgehead atoms. The van der Waals surface area contributed by atoms with Crippen molar-refractivity contribution < 1.29 is 12.3 Å².